The van der Waals surface area contributed by atoms with Gasteiger partial charge in [0.2, 0.25) is 0 Å². The van der Waals surface area contributed by atoms with Gasteiger partial charge in [-0.1, -0.05) is 0 Å². The number of primary amides is 1. The monoisotopic (exact) mass is 539 g/mol. The van der Waals surface area contributed by atoms with E-state index in [1.807, 2.05) is 6.07 Å². The highest BCUT2D eigenvalue weighted by Crippen LogP contribution is 2.28. The molecule has 2 aromatic carbocycles. The lowest BCUT2D eigenvalue weighted by Crippen LogP contribution is -2.28. The molecular weight excluding hydrogens is 515 g/mol. The largest absolute Gasteiger partial charge is 0.573 e. The molecule has 0 atom stereocenters. The average molecular weight is 540 g/mol. The van der Waals surface area contributed by atoms with E-state index in [1.54, 1.807) is 26.4 Å². The molecule has 0 aliphatic rings. The van der Waals surface area contributed by atoms with Crippen LogP contribution in [0.2, 0.25) is 0 Å². The zero-order valence-electron chi connectivity index (χ0n) is 19.9. The Labute approximate surface area is 214 Å². The summed E-state index contributed by atoms with van der Waals surface area (Å²) in [5, 5.41) is 3.10. The molecule has 0 unspecified atom stereocenters. The zero-order chi connectivity index (χ0) is 27.0. The number of methoxy groups -OCH3 is 2. The van der Waals surface area contributed by atoms with E-state index in [-0.39, 0.29) is 24.6 Å². The smallest absolute Gasteiger partial charge is 0.497 e. The highest BCUT2D eigenvalue weighted by molar-refractivity contribution is 7.11. The van der Waals surface area contributed by atoms with E-state index >= 15 is 0 Å². The number of benzene rings is 2. The third-order valence-corrected chi connectivity index (χ3v) is 6.06. The minimum Gasteiger partial charge on any atom is -0.497 e. The molecule has 0 radical (unpaired) electrons. The van der Waals surface area contributed by atoms with Crippen molar-refractivity contribution in [2.45, 2.75) is 25.7 Å². The number of nitrogens with one attached hydrogen (secondary N) is 1. The first-order chi connectivity index (χ1) is 17.6. The van der Waals surface area contributed by atoms with Gasteiger partial charge in [-0.2, -0.15) is 0 Å². The summed E-state index contributed by atoms with van der Waals surface area (Å²) < 4.78 is 56.4. The van der Waals surface area contributed by atoms with E-state index in [2.05, 4.69) is 15.0 Å². The summed E-state index contributed by atoms with van der Waals surface area (Å²) in [7, 11) is 3.13. The topological polar surface area (TPSA) is 122 Å². The van der Waals surface area contributed by atoms with Crippen LogP contribution >= 0.6 is 11.3 Å². The maximum absolute atomic E-state index is 12.2. The summed E-state index contributed by atoms with van der Waals surface area (Å²) in [4.78, 5) is 29.0. The molecule has 0 spiro atoms. The molecule has 3 aromatic rings. The molecule has 13 heteroatoms. The molecule has 0 aliphatic heterocycles. The molecule has 1 aromatic heterocycles. The van der Waals surface area contributed by atoms with Crippen LogP contribution in [0.4, 0.5) is 13.2 Å². The van der Waals surface area contributed by atoms with Gasteiger partial charge >= 0.3 is 6.36 Å². The van der Waals surface area contributed by atoms with Crippen LogP contribution in [0.25, 0.3) is 0 Å². The first-order valence-electron chi connectivity index (χ1n) is 10.8. The van der Waals surface area contributed by atoms with Crippen LogP contribution in [0.1, 0.15) is 25.9 Å². The second kappa shape index (κ2) is 12.3. The van der Waals surface area contributed by atoms with Crippen molar-refractivity contribution in [2.75, 3.05) is 20.8 Å². The molecule has 0 bridgehead atoms. The summed E-state index contributed by atoms with van der Waals surface area (Å²) in [6, 6.07) is 10.1. The fourth-order valence-electron chi connectivity index (χ4n) is 3.28. The molecule has 2 amide bonds. The van der Waals surface area contributed by atoms with Gasteiger partial charge < -0.3 is 30.0 Å². The van der Waals surface area contributed by atoms with E-state index in [0.717, 1.165) is 17.7 Å². The molecule has 0 aliphatic carbocycles. The number of aromatic nitrogens is 1. The summed E-state index contributed by atoms with van der Waals surface area (Å²) in [5.41, 5.74) is 6.51. The van der Waals surface area contributed by atoms with E-state index in [0.29, 0.717) is 34.2 Å². The number of hydrogen-bond donors (Lipinski definition) is 2. The van der Waals surface area contributed by atoms with Crippen LogP contribution < -0.4 is 30.0 Å². The highest BCUT2D eigenvalue weighted by atomic mass is 32.1. The molecule has 0 saturated heterocycles. The first-order valence-corrected chi connectivity index (χ1v) is 11.6. The number of rotatable bonds is 12. The van der Waals surface area contributed by atoms with Crippen molar-refractivity contribution in [1.29, 1.82) is 0 Å². The van der Waals surface area contributed by atoms with Crippen molar-refractivity contribution in [3.63, 3.8) is 0 Å². The summed E-state index contributed by atoms with van der Waals surface area (Å²) in [6.45, 7) is -0.343. The lowest BCUT2D eigenvalue weighted by atomic mass is 10.1. The van der Waals surface area contributed by atoms with Gasteiger partial charge in [0.25, 0.3) is 11.8 Å². The van der Waals surface area contributed by atoms with Crippen LogP contribution in [0, 0.1) is 0 Å². The van der Waals surface area contributed by atoms with Gasteiger partial charge in [-0.25, -0.2) is 4.98 Å². The molecular formula is C24H24F3N3O6S. The lowest BCUT2D eigenvalue weighted by molar-refractivity contribution is -0.274. The Morgan fingerprint density at radius 1 is 1.00 bits per heavy atom. The summed E-state index contributed by atoms with van der Waals surface area (Å²) in [6.07, 6.45) is -3.80. The van der Waals surface area contributed by atoms with Crippen molar-refractivity contribution >= 4 is 23.2 Å². The Kier molecular flexibility index (Phi) is 9.17. The highest BCUT2D eigenvalue weighted by Gasteiger charge is 2.31. The van der Waals surface area contributed by atoms with Crippen molar-refractivity contribution in [1.82, 2.24) is 10.3 Å². The van der Waals surface area contributed by atoms with Crippen LogP contribution in [-0.2, 0) is 24.2 Å². The van der Waals surface area contributed by atoms with Crippen LogP contribution in [0.15, 0.2) is 42.5 Å². The minimum absolute atomic E-state index is 0.0357. The number of amides is 2. The van der Waals surface area contributed by atoms with E-state index in [1.165, 1.54) is 23.5 Å². The van der Waals surface area contributed by atoms with E-state index < -0.39 is 23.9 Å². The fourth-order valence-corrected chi connectivity index (χ4v) is 4.29. The number of nitrogens with two attached hydrogens (primary N) is 1. The van der Waals surface area contributed by atoms with Crippen LogP contribution in [0.5, 0.6) is 23.0 Å². The molecule has 0 saturated carbocycles. The number of hydrogen-bond acceptors (Lipinski definition) is 8. The molecule has 198 valence electrons. The van der Waals surface area contributed by atoms with Gasteiger partial charge in [-0.15, -0.1) is 24.5 Å². The lowest BCUT2D eigenvalue weighted by Gasteiger charge is -2.10. The van der Waals surface area contributed by atoms with Gasteiger partial charge in [0.1, 0.15) is 33.7 Å². The SMILES string of the molecule is COc1ccc(OC)c(CCc2sc(CNC(=O)COc3ccc(OC(F)(F)F)cc3)nc2C(N)=O)c1. The van der Waals surface area contributed by atoms with Gasteiger partial charge in [-0.3, -0.25) is 9.59 Å². The molecule has 3 rings (SSSR count). The maximum atomic E-state index is 12.2. The minimum atomic E-state index is -4.80. The standard InChI is InChI=1S/C24H24F3N3O6S/c1-33-17-8-9-18(34-2)14(11-17)3-10-19-22(23(28)32)30-21(37-19)12-29-20(31)13-35-15-4-6-16(7-5-15)36-24(25,26)27/h4-9,11H,3,10,12-13H2,1-2H3,(H2,28,32)(H,29,31). The number of alkyl halides is 3. The number of nitrogens with zero attached hydrogens (tertiary/aromatic N) is 1. The van der Waals surface area contributed by atoms with Crippen LogP contribution in [-0.4, -0.2) is 44.0 Å². The molecule has 1 heterocycles. The van der Waals surface area contributed by atoms with E-state index in [4.69, 9.17) is 19.9 Å². The number of ether oxygens (including phenoxy) is 4. The van der Waals surface area contributed by atoms with Crippen molar-refractivity contribution in [2.24, 2.45) is 5.73 Å². The molecule has 0 fully saturated rings. The predicted octanol–water partition coefficient (Wildman–Crippen LogP) is 3.64. The van der Waals surface area contributed by atoms with Crippen LogP contribution in [0.3, 0.4) is 0 Å². The number of carbonyl (C=O) groups excluding carboxylic acids is 2. The number of aryl methyl sites for hydroxylation is 2. The Balaban J connectivity index is 1.55. The molecule has 3 N–H and O–H groups in total. The Morgan fingerprint density at radius 2 is 1.68 bits per heavy atom. The average Bonchev–Trinajstić information content (AvgIpc) is 3.28. The summed E-state index contributed by atoms with van der Waals surface area (Å²) in [5.74, 6) is -0.0339. The third kappa shape index (κ3) is 8.27. The molecule has 9 nitrogen and oxygen atoms in total. The van der Waals surface area contributed by atoms with Gasteiger partial charge in [0.15, 0.2) is 6.61 Å². The van der Waals surface area contributed by atoms with Gasteiger partial charge in [0.05, 0.1) is 20.8 Å². The second-order valence-electron chi connectivity index (χ2n) is 7.51. The first kappa shape index (κ1) is 27.6. The predicted molar refractivity (Wildman–Crippen MR) is 128 cm³/mol. The number of halogens is 3. The van der Waals surface area contributed by atoms with Gasteiger partial charge in [-0.05, 0) is 60.9 Å². The maximum Gasteiger partial charge on any atom is 0.573 e. The van der Waals surface area contributed by atoms with Gasteiger partial charge in [0, 0.05) is 4.88 Å². The number of thiazole rings is 1. The third-order valence-electron chi connectivity index (χ3n) is 4.95. The Hall–Kier alpha value is -4.00. The quantitative estimate of drug-likeness (QED) is 0.360. The Bertz CT molecular complexity index is 1230. The van der Waals surface area contributed by atoms with Crippen molar-refractivity contribution in [3.8, 4) is 23.0 Å². The molecule has 37 heavy (non-hydrogen) atoms. The number of carbonyl (C=O) groups is 2. The van der Waals surface area contributed by atoms with Crippen molar-refractivity contribution < 1.29 is 41.7 Å². The Morgan fingerprint density at radius 3 is 2.30 bits per heavy atom. The second-order valence-corrected chi connectivity index (χ2v) is 8.67. The summed E-state index contributed by atoms with van der Waals surface area (Å²) >= 11 is 1.25. The van der Waals surface area contributed by atoms with E-state index in [9.17, 15) is 22.8 Å². The zero-order valence-corrected chi connectivity index (χ0v) is 20.7. The fraction of sp³-hybridized carbons (Fsp3) is 0.292. The normalized spacial score (nSPS) is 11.1. The van der Waals surface area contributed by atoms with Crippen molar-refractivity contribution in [3.05, 3.63) is 63.6 Å².